The summed E-state index contributed by atoms with van der Waals surface area (Å²) in [5, 5.41) is -4.10. The maximum Gasteiger partial charge on any atom is 0.335 e. The molecule has 9 nitrogen and oxygen atoms in total. The molecule has 0 bridgehead atoms. The number of fused-ring (bicyclic) bond motifs is 1. The van der Waals surface area contributed by atoms with Gasteiger partial charge in [-0.2, -0.15) is 0 Å². The maximum absolute atomic E-state index is 12.3. The Morgan fingerprint density at radius 3 is 1.26 bits per heavy atom. The molecule has 31 heavy (non-hydrogen) atoms. The van der Waals surface area contributed by atoms with Gasteiger partial charge in [0.2, 0.25) is 0 Å². The second-order valence-corrected chi connectivity index (χ2v) is 15.9. The number of benzene rings is 2. The lowest BCUT2D eigenvalue weighted by molar-refractivity contribution is 0.328. The van der Waals surface area contributed by atoms with Crippen molar-refractivity contribution in [2.24, 2.45) is 0 Å². The lowest BCUT2D eigenvalue weighted by Crippen LogP contribution is -2.26. The summed E-state index contributed by atoms with van der Waals surface area (Å²) in [6, 6.07) is 7.50. The van der Waals surface area contributed by atoms with E-state index in [2.05, 4.69) is 0 Å². The minimum atomic E-state index is -4.77. The molecule has 0 unspecified atom stereocenters. The van der Waals surface area contributed by atoms with Crippen molar-refractivity contribution in [2.45, 2.75) is 57.0 Å². The molecule has 12 heteroatoms. The molecule has 2 aromatic carbocycles. The van der Waals surface area contributed by atoms with Gasteiger partial charge in [-0.05, 0) is 87.2 Å². The van der Waals surface area contributed by atoms with E-state index >= 15 is 0 Å². The van der Waals surface area contributed by atoms with Gasteiger partial charge in [-0.25, -0.2) is 0 Å². The first-order valence-electron chi connectivity index (χ1n) is 9.31. The second-order valence-electron chi connectivity index (χ2n) is 9.27. The van der Waals surface area contributed by atoms with Crippen LogP contribution in [0, 0.1) is 0 Å². The Balaban J connectivity index is 2.98. The summed E-state index contributed by atoms with van der Waals surface area (Å²) < 4.78 is 36.4. The molecule has 0 atom stereocenters. The van der Waals surface area contributed by atoms with Gasteiger partial charge in [0.15, 0.2) is 0 Å². The van der Waals surface area contributed by atoms with Crippen molar-refractivity contribution in [3.05, 3.63) is 47.0 Å². The van der Waals surface area contributed by atoms with E-state index in [1.807, 2.05) is 0 Å². The van der Waals surface area contributed by atoms with Gasteiger partial charge in [0, 0.05) is 0 Å². The van der Waals surface area contributed by atoms with Gasteiger partial charge >= 0.3 is 22.8 Å². The third-order valence-electron chi connectivity index (χ3n) is 6.19. The van der Waals surface area contributed by atoms with Crippen LogP contribution in [0.15, 0.2) is 30.3 Å². The van der Waals surface area contributed by atoms with Crippen LogP contribution in [0.1, 0.15) is 58.2 Å². The zero-order valence-electron chi connectivity index (χ0n) is 18.1. The van der Waals surface area contributed by atoms with E-state index < -0.39 is 38.3 Å². The highest BCUT2D eigenvalue weighted by atomic mass is 31.2. The van der Waals surface area contributed by atoms with E-state index in [-0.39, 0.29) is 11.1 Å². The zero-order valence-corrected chi connectivity index (χ0v) is 20.8. The summed E-state index contributed by atoms with van der Waals surface area (Å²) in [6.45, 7) is 7.97. The fraction of sp³-hybridized carbons (Fsp3) is 0.474. The average molecular weight is 494 g/mol. The Morgan fingerprint density at radius 2 is 0.903 bits per heavy atom. The van der Waals surface area contributed by atoms with E-state index in [1.54, 1.807) is 6.07 Å². The van der Waals surface area contributed by atoms with Gasteiger partial charge in [-0.1, -0.05) is 12.1 Å². The van der Waals surface area contributed by atoms with E-state index in [1.165, 1.54) is 65.8 Å². The van der Waals surface area contributed by atoms with Gasteiger partial charge in [0.1, 0.15) is 0 Å². The predicted molar refractivity (Wildman–Crippen MR) is 119 cm³/mol. The molecular weight excluding hydrogens is 465 g/mol. The molecule has 0 amide bonds. The molecule has 0 aliphatic carbocycles. The van der Waals surface area contributed by atoms with Gasteiger partial charge in [-0.15, -0.1) is 0 Å². The van der Waals surface area contributed by atoms with Gasteiger partial charge in [0.25, 0.3) is 0 Å². The van der Waals surface area contributed by atoms with Crippen molar-refractivity contribution in [1.82, 2.24) is 0 Å². The molecule has 0 fully saturated rings. The summed E-state index contributed by atoms with van der Waals surface area (Å²) in [5.74, 6) is 0. The molecule has 6 N–H and O–H groups in total. The second kappa shape index (κ2) is 7.59. The highest BCUT2D eigenvalue weighted by Crippen LogP contribution is 2.63. The van der Waals surface area contributed by atoms with Crippen LogP contribution in [0.25, 0.3) is 10.8 Å². The summed E-state index contributed by atoms with van der Waals surface area (Å²) in [4.78, 5) is 59.3. The summed E-state index contributed by atoms with van der Waals surface area (Å²) in [7, 11) is -14.0. The molecule has 2 aromatic rings. The highest BCUT2D eigenvalue weighted by Gasteiger charge is 2.48. The lowest BCUT2D eigenvalue weighted by atomic mass is 9.86. The number of rotatable bonds is 6. The fourth-order valence-corrected chi connectivity index (χ4v) is 4.65. The molecule has 0 heterocycles. The van der Waals surface area contributed by atoms with Crippen molar-refractivity contribution in [3.63, 3.8) is 0 Å². The van der Waals surface area contributed by atoms with Crippen LogP contribution >= 0.6 is 22.8 Å². The SMILES string of the molecule is CC(C)(c1ccc2cc(C(C)(C)P(=O)(O)O)c(C(C)(C)P(=O)(O)O)cc2c1)P(=O)(O)O. The van der Waals surface area contributed by atoms with Crippen molar-refractivity contribution in [3.8, 4) is 0 Å². The Kier molecular flexibility index (Phi) is 6.47. The van der Waals surface area contributed by atoms with Crippen LogP contribution in [0.3, 0.4) is 0 Å². The van der Waals surface area contributed by atoms with E-state index in [4.69, 9.17) is 0 Å². The molecule has 0 aromatic heterocycles. The summed E-state index contributed by atoms with van der Waals surface area (Å²) >= 11 is 0. The number of hydrogen-bond acceptors (Lipinski definition) is 3. The molecule has 0 saturated carbocycles. The van der Waals surface area contributed by atoms with Crippen LogP contribution in [-0.4, -0.2) is 29.4 Å². The summed E-state index contributed by atoms with van der Waals surface area (Å²) in [6.07, 6.45) is 0. The largest absolute Gasteiger partial charge is 0.335 e. The summed E-state index contributed by atoms with van der Waals surface area (Å²) in [5.41, 5.74) is 0.451. The maximum atomic E-state index is 12.3. The number of hydrogen-bond donors (Lipinski definition) is 6. The molecule has 0 saturated heterocycles. The molecule has 174 valence electrons. The smallest absolute Gasteiger partial charge is 0.324 e. The van der Waals surface area contributed by atoms with Crippen LogP contribution in [0.5, 0.6) is 0 Å². The molecular formula is C19H29O9P3. The Bertz CT molecular complexity index is 1170. The minimum Gasteiger partial charge on any atom is -0.324 e. The van der Waals surface area contributed by atoms with Crippen molar-refractivity contribution < 1.29 is 43.1 Å². The molecule has 0 aliphatic rings. The lowest BCUT2D eigenvalue weighted by Gasteiger charge is -2.35. The third kappa shape index (κ3) is 4.49. The normalized spacial score (nSPS) is 14.8. The minimum absolute atomic E-state index is 0.0489. The monoisotopic (exact) mass is 494 g/mol. The van der Waals surface area contributed by atoms with E-state index in [0.717, 1.165) is 0 Å². The van der Waals surface area contributed by atoms with Crippen LogP contribution in [-0.2, 0) is 29.2 Å². The average Bonchev–Trinajstić information content (AvgIpc) is 2.57. The van der Waals surface area contributed by atoms with Gasteiger partial charge < -0.3 is 29.4 Å². The quantitative estimate of drug-likeness (QED) is 0.324. The topological polar surface area (TPSA) is 173 Å². The molecule has 2 rings (SSSR count). The first-order chi connectivity index (χ1) is 13.5. The highest BCUT2D eigenvalue weighted by molar-refractivity contribution is 7.53. The predicted octanol–water partition coefficient (Wildman–Crippen LogP) is 4.08. The Labute approximate surface area is 181 Å². The fourth-order valence-electron chi connectivity index (χ4n) is 3.17. The molecule has 0 radical (unpaired) electrons. The van der Waals surface area contributed by atoms with Gasteiger partial charge in [-0.3, -0.25) is 13.7 Å². The van der Waals surface area contributed by atoms with Crippen molar-refractivity contribution >= 4 is 33.6 Å². The molecule has 0 aliphatic heterocycles. The van der Waals surface area contributed by atoms with Crippen LogP contribution in [0.2, 0.25) is 0 Å². The van der Waals surface area contributed by atoms with E-state index in [9.17, 15) is 43.1 Å². The Morgan fingerprint density at radius 1 is 0.548 bits per heavy atom. The first-order valence-corrected chi connectivity index (χ1v) is 14.1. The first kappa shape index (κ1) is 26.4. The third-order valence-corrected chi connectivity index (χ3v) is 11.3. The van der Waals surface area contributed by atoms with Crippen molar-refractivity contribution in [1.29, 1.82) is 0 Å². The van der Waals surface area contributed by atoms with Crippen LogP contribution < -0.4 is 0 Å². The van der Waals surface area contributed by atoms with Crippen molar-refractivity contribution in [2.75, 3.05) is 0 Å². The van der Waals surface area contributed by atoms with Crippen LogP contribution in [0.4, 0.5) is 0 Å². The zero-order chi connectivity index (χ0) is 24.4. The Hall–Kier alpha value is -0.850. The molecule has 0 spiro atoms. The van der Waals surface area contributed by atoms with E-state index in [0.29, 0.717) is 16.3 Å². The van der Waals surface area contributed by atoms with Gasteiger partial charge in [0.05, 0.1) is 15.5 Å². The standard InChI is InChI=1S/C19H29O9P3/c1-17(2,29(20,21)22)14-8-7-12-10-15(18(3,4)30(23,24)25)16(11-13(12)9-14)19(5,6)31(26,27)28/h7-11H,1-6H3,(H2,20,21,22)(H2,23,24,25)(H2,26,27,28).